The highest BCUT2D eigenvalue weighted by molar-refractivity contribution is 5.98. The molecule has 3 rings (SSSR count). The SMILES string of the molecule is CN1CC[C@@](O)(C#Cc2cccc(-c3nc(C(N)=O)c(NC(=O)O)o3)c2)C1=O. The van der Waals surface area contributed by atoms with Gasteiger partial charge in [0.2, 0.25) is 17.4 Å². The van der Waals surface area contributed by atoms with Gasteiger partial charge in [-0.05, 0) is 18.2 Å². The number of likely N-dealkylation sites (N-methyl/N-ethyl adjacent to an activating group) is 1. The van der Waals surface area contributed by atoms with Crippen molar-refractivity contribution in [2.75, 3.05) is 18.9 Å². The Bertz CT molecular complexity index is 1030. The Morgan fingerprint density at radius 2 is 2.18 bits per heavy atom. The first kappa shape index (κ1) is 18.9. The fourth-order valence-electron chi connectivity index (χ4n) is 2.67. The summed E-state index contributed by atoms with van der Waals surface area (Å²) in [7, 11) is 1.59. The minimum atomic E-state index is -1.73. The second-order valence-corrected chi connectivity index (χ2v) is 6.16. The van der Waals surface area contributed by atoms with Gasteiger partial charge in [-0.25, -0.2) is 9.78 Å². The van der Waals surface area contributed by atoms with Gasteiger partial charge >= 0.3 is 6.09 Å². The molecule has 1 aromatic carbocycles. The number of aliphatic hydroxyl groups is 1. The second-order valence-electron chi connectivity index (χ2n) is 6.16. The molecule has 0 bridgehead atoms. The Balaban J connectivity index is 1.93. The number of likely N-dealkylation sites (tertiary alicyclic amines) is 1. The molecule has 10 heteroatoms. The molecule has 0 spiro atoms. The van der Waals surface area contributed by atoms with Crippen molar-refractivity contribution in [3.63, 3.8) is 0 Å². The average molecular weight is 384 g/mol. The number of hydrogen-bond acceptors (Lipinski definition) is 6. The fourth-order valence-corrected chi connectivity index (χ4v) is 2.67. The molecule has 144 valence electrons. The smallest absolute Gasteiger partial charge is 0.411 e. The number of carbonyl (C=O) groups excluding carboxylic acids is 2. The lowest BCUT2D eigenvalue weighted by Crippen LogP contribution is -2.37. The quantitative estimate of drug-likeness (QED) is 0.560. The number of primary amides is 1. The Kier molecular flexibility index (Phi) is 4.77. The largest absolute Gasteiger partial charge is 0.465 e. The molecule has 1 aliphatic rings. The summed E-state index contributed by atoms with van der Waals surface area (Å²) in [4.78, 5) is 39.6. The second kappa shape index (κ2) is 7.05. The highest BCUT2D eigenvalue weighted by Crippen LogP contribution is 2.26. The van der Waals surface area contributed by atoms with Crippen LogP contribution in [0.15, 0.2) is 28.7 Å². The maximum atomic E-state index is 12.0. The zero-order valence-electron chi connectivity index (χ0n) is 14.7. The first-order chi connectivity index (χ1) is 13.2. The van der Waals surface area contributed by atoms with Crippen molar-refractivity contribution in [3.05, 3.63) is 35.5 Å². The van der Waals surface area contributed by atoms with Crippen LogP contribution in [-0.4, -0.2) is 57.2 Å². The van der Waals surface area contributed by atoms with Crippen LogP contribution in [0.25, 0.3) is 11.5 Å². The molecule has 0 saturated carbocycles. The molecule has 0 aliphatic carbocycles. The van der Waals surface area contributed by atoms with Crippen molar-refractivity contribution >= 4 is 23.8 Å². The molecule has 1 aromatic heterocycles. The van der Waals surface area contributed by atoms with Gasteiger partial charge in [-0.1, -0.05) is 17.9 Å². The van der Waals surface area contributed by atoms with E-state index in [2.05, 4.69) is 16.8 Å². The Morgan fingerprint density at radius 3 is 2.79 bits per heavy atom. The van der Waals surface area contributed by atoms with Crippen LogP contribution in [-0.2, 0) is 4.79 Å². The van der Waals surface area contributed by atoms with E-state index < -0.39 is 23.5 Å². The molecule has 2 heterocycles. The van der Waals surface area contributed by atoms with Crippen LogP contribution < -0.4 is 11.1 Å². The Labute approximate surface area is 159 Å². The van der Waals surface area contributed by atoms with Gasteiger partial charge in [0.05, 0.1) is 0 Å². The molecule has 1 saturated heterocycles. The van der Waals surface area contributed by atoms with Crippen molar-refractivity contribution in [1.82, 2.24) is 9.88 Å². The van der Waals surface area contributed by atoms with Gasteiger partial charge in [-0.3, -0.25) is 14.9 Å². The number of nitrogens with two attached hydrogens (primary N) is 1. The minimum Gasteiger partial charge on any atom is -0.465 e. The average Bonchev–Trinajstić information content (AvgIpc) is 3.17. The first-order valence-electron chi connectivity index (χ1n) is 8.12. The van der Waals surface area contributed by atoms with E-state index >= 15 is 0 Å². The van der Waals surface area contributed by atoms with Gasteiger partial charge in [0, 0.05) is 31.1 Å². The van der Waals surface area contributed by atoms with Crippen LogP contribution in [0.1, 0.15) is 22.5 Å². The number of carbonyl (C=O) groups is 3. The number of aromatic nitrogens is 1. The van der Waals surface area contributed by atoms with E-state index in [1.54, 1.807) is 31.3 Å². The standard InChI is InChI=1S/C18H16N4O6/c1-22-8-7-18(27,16(22)24)6-5-10-3-2-4-11(9-10)14-20-12(13(19)23)15(28-14)21-17(25)26/h2-4,9,21,27H,7-8H2,1H3,(H2,19,23)(H,25,26)/t18-/m0/s1. The number of rotatable bonds is 3. The third-order valence-electron chi connectivity index (χ3n) is 4.11. The molecule has 1 fully saturated rings. The Morgan fingerprint density at radius 1 is 1.43 bits per heavy atom. The molecule has 28 heavy (non-hydrogen) atoms. The summed E-state index contributed by atoms with van der Waals surface area (Å²) in [6, 6.07) is 6.44. The summed E-state index contributed by atoms with van der Waals surface area (Å²) in [5.74, 6) is 3.49. The summed E-state index contributed by atoms with van der Waals surface area (Å²) in [5, 5.41) is 21.1. The molecule has 0 unspecified atom stereocenters. The summed E-state index contributed by atoms with van der Waals surface area (Å²) in [6.45, 7) is 0.412. The van der Waals surface area contributed by atoms with E-state index in [0.717, 1.165) is 0 Å². The van der Waals surface area contributed by atoms with E-state index in [1.165, 1.54) is 4.90 Å². The van der Waals surface area contributed by atoms with E-state index in [4.69, 9.17) is 15.3 Å². The van der Waals surface area contributed by atoms with E-state index in [-0.39, 0.29) is 23.9 Å². The lowest BCUT2D eigenvalue weighted by Gasteiger charge is -2.13. The maximum absolute atomic E-state index is 12.0. The van der Waals surface area contributed by atoms with Gasteiger partial charge in [0.15, 0.2) is 5.69 Å². The molecular formula is C18H16N4O6. The number of nitrogens with one attached hydrogen (secondary N) is 1. The van der Waals surface area contributed by atoms with Gasteiger partial charge in [0.1, 0.15) is 0 Å². The van der Waals surface area contributed by atoms with Crippen molar-refractivity contribution in [1.29, 1.82) is 0 Å². The predicted octanol–water partition coefficient (Wildman–Crippen LogP) is 0.475. The van der Waals surface area contributed by atoms with Crippen molar-refractivity contribution < 1.29 is 29.0 Å². The summed E-state index contributed by atoms with van der Waals surface area (Å²) in [5.41, 5.74) is 3.95. The summed E-state index contributed by atoms with van der Waals surface area (Å²) < 4.78 is 5.29. The number of benzene rings is 1. The fraction of sp³-hybridized carbons (Fsp3) is 0.222. The third-order valence-corrected chi connectivity index (χ3v) is 4.11. The molecule has 0 radical (unpaired) electrons. The number of hydrogen-bond donors (Lipinski definition) is 4. The summed E-state index contributed by atoms with van der Waals surface area (Å²) >= 11 is 0. The van der Waals surface area contributed by atoms with Crippen LogP contribution in [0.3, 0.4) is 0 Å². The van der Waals surface area contributed by atoms with E-state index in [1.807, 2.05) is 5.32 Å². The molecule has 3 amide bonds. The monoisotopic (exact) mass is 384 g/mol. The number of amides is 3. The molecule has 2 aromatic rings. The number of nitrogens with zero attached hydrogens (tertiary/aromatic N) is 2. The number of carboxylic acid groups (broad SMARTS) is 1. The van der Waals surface area contributed by atoms with Crippen LogP contribution >= 0.6 is 0 Å². The van der Waals surface area contributed by atoms with Crippen LogP contribution in [0, 0.1) is 11.8 Å². The number of oxazole rings is 1. The lowest BCUT2D eigenvalue weighted by molar-refractivity contribution is -0.137. The van der Waals surface area contributed by atoms with Gasteiger partial charge in [-0.2, -0.15) is 0 Å². The van der Waals surface area contributed by atoms with Crippen LogP contribution in [0.4, 0.5) is 10.7 Å². The number of anilines is 1. The van der Waals surface area contributed by atoms with Gasteiger partial charge < -0.3 is 25.3 Å². The van der Waals surface area contributed by atoms with Crippen LogP contribution in [0.2, 0.25) is 0 Å². The Hall–Kier alpha value is -3.84. The topological polar surface area (TPSA) is 159 Å². The van der Waals surface area contributed by atoms with Crippen molar-refractivity contribution in [3.8, 4) is 23.3 Å². The molecule has 1 atom stereocenters. The summed E-state index contributed by atoms with van der Waals surface area (Å²) in [6.07, 6.45) is -1.23. The van der Waals surface area contributed by atoms with Crippen molar-refractivity contribution in [2.45, 2.75) is 12.0 Å². The molecule has 5 N–H and O–H groups in total. The lowest BCUT2D eigenvalue weighted by atomic mass is 10.0. The van der Waals surface area contributed by atoms with Gasteiger partial charge in [0.25, 0.3) is 11.8 Å². The third kappa shape index (κ3) is 3.65. The highest BCUT2D eigenvalue weighted by Gasteiger charge is 2.42. The molecule has 10 nitrogen and oxygen atoms in total. The first-order valence-corrected chi connectivity index (χ1v) is 8.12. The maximum Gasteiger partial charge on any atom is 0.411 e. The highest BCUT2D eigenvalue weighted by atomic mass is 16.4. The van der Waals surface area contributed by atoms with Crippen LogP contribution in [0.5, 0.6) is 0 Å². The van der Waals surface area contributed by atoms with Gasteiger partial charge in [-0.15, -0.1) is 0 Å². The minimum absolute atomic E-state index is 0.0448. The zero-order valence-corrected chi connectivity index (χ0v) is 14.7. The van der Waals surface area contributed by atoms with Crippen molar-refractivity contribution in [2.24, 2.45) is 5.73 Å². The van der Waals surface area contributed by atoms with E-state index in [9.17, 15) is 19.5 Å². The molecular weight excluding hydrogens is 368 g/mol. The van der Waals surface area contributed by atoms with E-state index in [0.29, 0.717) is 17.7 Å². The zero-order chi connectivity index (χ0) is 20.5. The molecule has 1 aliphatic heterocycles. The predicted molar refractivity (Wildman–Crippen MR) is 96.2 cm³/mol. The normalized spacial score (nSPS) is 18.5.